The van der Waals surface area contributed by atoms with Gasteiger partial charge in [-0.25, -0.2) is 0 Å². The number of rotatable bonds is 3. The van der Waals surface area contributed by atoms with Crippen molar-refractivity contribution in [2.24, 2.45) is 11.3 Å². The molecule has 0 aromatic rings. The van der Waals surface area contributed by atoms with E-state index in [1.807, 2.05) is 25.6 Å². The van der Waals surface area contributed by atoms with Gasteiger partial charge in [-0.15, -0.1) is 0 Å². The second-order valence-electron chi connectivity index (χ2n) is 4.31. The summed E-state index contributed by atoms with van der Waals surface area (Å²) in [4.78, 5) is 11.4. The average Bonchev–Trinajstić information content (AvgIpc) is 2.54. The minimum Gasteiger partial charge on any atom is -0.469 e. The van der Waals surface area contributed by atoms with Gasteiger partial charge in [-0.3, -0.25) is 4.79 Å². The van der Waals surface area contributed by atoms with Gasteiger partial charge in [0, 0.05) is 0 Å². The van der Waals surface area contributed by atoms with Crippen molar-refractivity contribution in [3.8, 4) is 0 Å². The quantitative estimate of drug-likeness (QED) is 0.657. The van der Waals surface area contributed by atoms with Crippen LogP contribution in [0.25, 0.3) is 0 Å². The zero-order valence-corrected chi connectivity index (χ0v) is 9.45. The van der Waals surface area contributed by atoms with E-state index in [4.69, 9.17) is 4.74 Å². The fourth-order valence-corrected chi connectivity index (χ4v) is 3.11. The number of ether oxygens (including phenoxy) is 1. The molecule has 0 saturated carbocycles. The first kappa shape index (κ1) is 10.9. The van der Waals surface area contributed by atoms with Crippen LogP contribution in [0.3, 0.4) is 0 Å². The van der Waals surface area contributed by atoms with E-state index < -0.39 is 0 Å². The van der Waals surface area contributed by atoms with Crippen molar-refractivity contribution < 1.29 is 9.53 Å². The highest BCUT2D eigenvalue weighted by Crippen LogP contribution is 2.34. The lowest BCUT2D eigenvalue weighted by Gasteiger charge is -2.24. The Morgan fingerprint density at radius 2 is 2.31 bits per heavy atom. The Balaban J connectivity index is 2.44. The van der Waals surface area contributed by atoms with Crippen molar-refractivity contribution in [3.63, 3.8) is 0 Å². The predicted octanol–water partition coefficient (Wildman–Crippen LogP) is 2.33. The fourth-order valence-electron chi connectivity index (χ4n) is 1.83. The third-order valence-electron chi connectivity index (χ3n) is 2.56. The number of methoxy groups -OCH3 is 1. The zero-order chi connectivity index (χ0) is 9.90. The molecule has 1 fully saturated rings. The summed E-state index contributed by atoms with van der Waals surface area (Å²) >= 11 is 1.99. The summed E-state index contributed by atoms with van der Waals surface area (Å²) in [6.45, 7) is 3.95. The molecule has 76 valence electrons. The summed E-state index contributed by atoms with van der Waals surface area (Å²) in [5.74, 6) is 3.09. The highest BCUT2D eigenvalue weighted by molar-refractivity contribution is 7.99. The highest BCUT2D eigenvalue weighted by Gasteiger charge is 2.32. The summed E-state index contributed by atoms with van der Waals surface area (Å²) in [6, 6.07) is 0. The van der Waals surface area contributed by atoms with Gasteiger partial charge < -0.3 is 4.74 Å². The van der Waals surface area contributed by atoms with E-state index in [0.717, 1.165) is 6.42 Å². The standard InChI is InChI=1S/C10H18O2S/c1-10(2,9(11)12-3)6-8-4-5-13-7-8/h8H,4-7H2,1-3H3. The van der Waals surface area contributed by atoms with E-state index in [1.165, 1.54) is 25.0 Å². The van der Waals surface area contributed by atoms with E-state index in [2.05, 4.69) is 0 Å². The Bertz CT molecular complexity index is 183. The summed E-state index contributed by atoms with van der Waals surface area (Å²) in [6.07, 6.45) is 2.22. The van der Waals surface area contributed by atoms with E-state index in [-0.39, 0.29) is 11.4 Å². The van der Waals surface area contributed by atoms with Crippen LogP contribution in [0.4, 0.5) is 0 Å². The predicted molar refractivity (Wildman–Crippen MR) is 55.8 cm³/mol. The van der Waals surface area contributed by atoms with Gasteiger partial charge in [0.2, 0.25) is 0 Å². The summed E-state index contributed by atoms with van der Waals surface area (Å²) in [5.41, 5.74) is -0.301. The average molecular weight is 202 g/mol. The second-order valence-corrected chi connectivity index (χ2v) is 5.46. The molecule has 0 N–H and O–H groups in total. The van der Waals surface area contributed by atoms with Crippen molar-refractivity contribution in [2.75, 3.05) is 18.6 Å². The first-order valence-corrected chi connectivity index (χ1v) is 5.88. The molecule has 0 aromatic carbocycles. The maximum atomic E-state index is 11.4. The molecule has 1 heterocycles. The summed E-state index contributed by atoms with van der Waals surface area (Å²) in [7, 11) is 1.47. The number of hydrogen-bond acceptors (Lipinski definition) is 3. The van der Waals surface area contributed by atoms with Crippen molar-refractivity contribution in [2.45, 2.75) is 26.7 Å². The molecule has 0 amide bonds. The largest absolute Gasteiger partial charge is 0.469 e. The van der Waals surface area contributed by atoms with Crippen LogP contribution < -0.4 is 0 Å². The van der Waals surface area contributed by atoms with Crippen LogP contribution in [0.15, 0.2) is 0 Å². The topological polar surface area (TPSA) is 26.3 Å². The van der Waals surface area contributed by atoms with E-state index in [0.29, 0.717) is 5.92 Å². The van der Waals surface area contributed by atoms with Crippen LogP contribution in [0.5, 0.6) is 0 Å². The van der Waals surface area contributed by atoms with Gasteiger partial charge in [0.15, 0.2) is 0 Å². The van der Waals surface area contributed by atoms with Crippen LogP contribution in [0.2, 0.25) is 0 Å². The minimum atomic E-state index is -0.301. The Morgan fingerprint density at radius 3 is 2.77 bits per heavy atom. The Morgan fingerprint density at radius 1 is 1.62 bits per heavy atom. The fraction of sp³-hybridized carbons (Fsp3) is 0.900. The number of carbonyl (C=O) groups is 1. The van der Waals surface area contributed by atoms with Gasteiger partial charge in [0.25, 0.3) is 0 Å². The van der Waals surface area contributed by atoms with Gasteiger partial charge in [-0.2, -0.15) is 11.8 Å². The number of carbonyl (C=O) groups excluding carboxylic acids is 1. The molecule has 1 aliphatic heterocycles. The van der Waals surface area contributed by atoms with Crippen LogP contribution in [0.1, 0.15) is 26.7 Å². The van der Waals surface area contributed by atoms with Crippen molar-refractivity contribution in [3.05, 3.63) is 0 Å². The molecule has 0 aromatic heterocycles. The Kier molecular flexibility index (Phi) is 3.65. The molecule has 3 heteroatoms. The van der Waals surface area contributed by atoms with Crippen LogP contribution in [0, 0.1) is 11.3 Å². The lowest BCUT2D eigenvalue weighted by molar-refractivity contribution is -0.151. The molecule has 0 spiro atoms. The van der Waals surface area contributed by atoms with Gasteiger partial charge in [0.05, 0.1) is 12.5 Å². The monoisotopic (exact) mass is 202 g/mol. The molecule has 0 aliphatic carbocycles. The molecule has 1 saturated heterocycles. The lowest BCUT2D eigenvalue weighted by atomic mass is 9.82. The minimum absolute atomic E-state index is 0.0793. The molecule has 13 heavy (non-hydrogen) atoms. The number of hydrogen-bond donors (Lipinski definition) is 0. The third-order valence-corrected chi connectivity index (χ3v) is 3.79. The number of thioether (sulfide) groups is 1. The van der Waals surface area contributed by atoms with Gasteiger partial charge in [0.1, 0.15) is 0 Å². The molecule has 1 aliphatic rings. The van der Waals surface area contributed by atoms with Crippen molar-refractivity contribution in [1.82, 2.24) is 0 Å². The molecular weight excluding hydrogens is 184 g/mol. The van der Waals surface area contributed by atoms with Gasteiger partial charge in [-0.05, 0) is 44.1 Å². The molecule has 1 unspecified atom stereocenters. The van der Waals surface area contributed by atoms with E-state index >= 15 is 0 Å². The van der Waals surface area contributed by atoms with Crippen molar-refractivity contribution in [1.29, 1.82) is 0 Å². The van der Waals surface area contributed by atoms with Crippen molar-refractivity contribution >= 4 is 17.7 Å². The zero-order valence-electron chi connectivity index (χ0n) is 8.63. The van der Waals surface area contributed by atoms with Crippen LogP contribution in [-0.2, 0) is 9.53 Å². The van der Waals surface area contributed by atoms with Gasteiger partial charge in [-0.1, -0.05) is 0 Å². The highest BCUT2D eigenvalue weighted by atomic mass is 32.2. The first-order chi connectivity index (χ1) is 6.06. The third kappa shape index (κ3) is 2.90. The molecule has 0 radical (unpaired) electrons. The SMILES string of the molecule is COC(=O)C(C)(C)CC1CCSC1. The van der Waals surface area contributed by atoms with Gasteiger partial charge >= 0.3 is 5.97 Å². The first-order valence-electron chi connectivity index (χ1n) is 4.72. The maximum Gasteiger partial charge on any atom is 0.311 e. The second kappa shape index (κ2) is 4.36. The van der Waals surface area contributed by atoms with Crippen LogP contribution in [-0.4, -0.2) is 24.6 Å². The van der Waals surface area contributed by atoms with E-state index in [9.17, 15) is 4.79 Å². The van der Waals surface area contributed by atoms with E-state index in [1.54, 1.807) is 0 Å². The Labute approximate surface area is 84.4 Å². The summed E-state index contributed by atoms with van der Waals surface area (Å²) < 4.78 is 4.78. The molecule has 1 rings (SSSR count). The molecular formula is C10H18O2S. The van der Waals surface area contributed by atoms with Crippen LogP contribution >= 0.6 is 11.8 Å². The maximum absolute atomic E-state index is 11.4. The lowest BCUT2D eigenvalue weighted by Crippen LogP contribution is -2.28. The summed E-state index contributed by atoms with van der Waals surface area (Å²) in [5, 5.41) is 0. The molecule has 1 atom stereocenters. The molecule has 2 nitrogen and oxygen atoms in total. The smallest absolute Gasteiger partial charge is 0.311 e. The Hall–Kier alpha value is -0.180. The normalized spacial score (nSPS) is 23.2. The molecule has 0 bridgehead atoms. The number of esters is 1.